The number of carbonyl (C=O) groups is 2. The van der Waals surface area contributed by atoms with Crippen LogP contribution in [0, 0.1) is 5.92 Å². The zero-order valence-corrected chi connectivity index (χ0v) is 13.7. The van der Waals surface area contributed by atoms with E-state index in [1.807, 2.05) is 30.3 Å². The van der Waals surface area contributed by atoms with Crippen molar-refractivity contribution < 1.29 is 14.7 Å². The number of benzene rings is 2. The lowest BCUT2D eigenvalue weighted by Crippen LogP contribution is -2.32. The highest BCUT2D eigenvalue weighted by molar-refractivity contribution is 6.31. The van der Waals surface area contributed by atoms with E-state index in [1.54, 1.807) is 24.3 Å². The predicted octanol–water partition coefficient (Wildman–Crippen LogP) is 3.43. The normalized spacial score (nSPS) is 20.2. The van der Waals surface area contributed by atoms with Crippen molar-refractivity contribution in [2.24, 2.45) is 5.92 Å². The van der Waals surface area contributed by atoms with Crippen LogP contribution in [0.25, 0.3) is 0 Å². The second kappa shape index (κ2) is 7.05. The van der Waals surface area contributed by atoms with Crippen molar-refractivity contribution in [3.8, 4) is 0 Å². The summed E-state index contributed by atoms with van der Waals surface area (Å²) in [6.45, 7) is 0.0872. The lowest BCUT2D eigenvalue weighted by molar-refractivity contribution is -0.138. The Kier molecular flexibility index (Phi) is 4.86. The van der Waals surface area contributed by atoms with E-state index in [4.69, 9.17) is 11.6 Å². The number of aliphatic carboxylic acids is 1. The summed E-state index contributed by atoms with van der Waals surface area (Å²) >= 11 is 6.17. The van der Waals surface area contributed by atoms with E-state index in [2.05, 4.69) is 5.32 Å². The number of hydrogen-bond donors (Lipinski definition) is 2. The van der Waals surface area contributed by atoms with Gasteiger partial charge in [-0.05, 0) is 29.5 Å². The van der Waals surface area contributed by atoms with Crippen LogP contribution in [0.4, 0.5) is 0 Å². The van der Waals surface area contributed by atoms with E-state index >= 15 is 0 Å². The van der Waals surface area contributed by atoms with E-state index in [1.165, 1.54) is 0 Å². The van der Waals surface area contributed by atoms with Crippen molar-refractivity contribution in [3.63, 3.8) is 0 Å². The van der Waals surface area contributed by atoms with Crippen LogP contribution in [0.1, 0.15) is 29.4 Å². The quantitative estimate of drug-likeness (QED) is 0.844. The monoisotopic (exact) mass is 343 g/mol. The van der Waals surface area contributed by atoms with Gasteiger partial charge in [-0.25, -0.2) is 0 Å². The Bertz CT molecular complexity index is 747. The molecule has 1 amide bonds. The SMILES string of the molecule is O=C(O)C(CNC(=O)C1CC1c1ccccc1Cl)c1ccccc1. The van der Waals surface area contributed by atoms with Gasteiger partial charge in [0.2, 0.25) is 5.91 Å². The Labute approximate surface area is 145 Å². The Hall–Kier alpha value is -2.33. The molecular formula is C19H18ClNO3. The molecule has 1 aliphatic carbocycles. The fourth-order valence-electron chi connectivity index (χ4n) is 2.97. The molecule has 1 aliphatic rings. The topological polar surface area (TPSA) is 66.4 Å². The Morgan fingerprint density at radius 1 is 1.12 bits per heavy atom. The molecule has 2 N–H and O–H groups in total. The first kappa shape index (κ1) is 16.5. The molecule has 0 saturated heterocycles. The molecule has 5 heteroatoms. The van der Waals surface area contributed by atoms with Crippen molar-refractivity contribution in [2.45, 2.75) is 18.3 Å². The van der Waals surface area contributed by atoms with Crippen molar-refractivity contribution in [1.82, 2.24) is 5.32 Å². The van der Waals surface area contributed by atoms with Crippen LogP contribution in [0.3, 0.4) is 0 Å². The summed E-state index contributed by atoms with van der Waals surface area (Å²) in [4.78, 5) is 23.8. The smallest absolute Gasteiger partial charge is 0.312 e. The largest absolute Gasteiger partial charge is 0.481 e. The molecule has 0 spiro atoms. The minimum absolute atomic E-state index is 0.0872. The summed E-state index contributed by atoms with van der Waals surface area (Å²) in [6.07, 6.45) is 0.749. The van der Waals surface area contributed by atoms with Crippen molar-refractivity contribution in [2.75, 3.05) is 6.54 Å². The van der Waals surface area contributed by atoms with Gasteiger partial charge < -0.3 is 10.4 Å². The van der Waals surface area contributed by atoms with Crippen LogP contribution < -0.4 is 5.32 Å². The fourth-order valence-corrected chi connectivity index (χ4v) is 3.25. The highest BCUT2D eigenvalue weighted by Crippen LogP contribution is 2.49. The first-order valence-corrected chi connectivity index (χ1v) is 8.25. The second-order valence-corrected chi connectivity index (χ2v) is 6.42. The molecule has 0 aliphatic heterocycles. The van der Waals surface area contributed by atoms with Crippen LogP contribution in [0.5, 0.6) is 0 Å². The Balaban J connectivity index is 1.60. The summed E-state index contributed by atoms with van der Waals surface area (Å²) in [5.74, 6) is -1.80. The number of amides is 1. The second-order valence-electron chi connectivity index (χ2n) is 6.02. The molecule has 0 bridgehead atoms. The van der Waals surface area contributed by atoms with Crippen LogP contribution in [-0.2, 0) is 9.59 Å². The van der Waals surface area contributed by atoms with E-state index in [-0.39, 0.29) is 24.3 Å². The number of carboxylic acids is 1. The predicted molar refractivity (Wildman–Crippen MR) is 92.1 cm³/mol. The summed E-state index contributed by atoms with van der Waals surface area (Å²) in [5, 5.41) is 12.8. The van der Waals surface area contributed by atoms with E-state index in [9.17, 15) is 14.7 Å². The standard InChI is InChI=1S/C19H18ClNO3/c20-17-9-5-4-8-13(17)14-10-15(14)18(22)21-11-16(19(23)24)12-6-2-1-3-7-12/h1-9,14-16H,10-11H2,(H,21,22)(H,23,24). The molecule has 0 radical (unpaired) electrons. The van der Waals surface area contributed by atoms with E-state index < -0.39 is 11.9 Å². The first-order chi connectivity index (χ1) is 11.6. The molecule has 24 heavy (non-hydrogen) atoms. The molecule has 3 rings (SSSR count). The average Bonchev–Trinajstić information content (AvgIpc) is 3.36. The third-order valence-electron chi connectivity index (χ3n) is 4.41. The van der Waals surface area contributed by atoms with Gasteiger partial charge in [-0.15, -0.1) is 0 Å². The molecular weight excluding hydrogens is 326 g/mol. The molecule has 1 fully saturated rings. The third kappa shape index (κ3) is 3.60. The van der Waals surface area contributed by atoms with Gasteiger partial charge in [0.25, 0.3) is 0 Å². The maximum Gasteiger partial charge on any atom is 0.312 e. The van der Waals surface area contributed by atoms with Gasteiger partial charge in [-0.2, -0.15) is 0 Å². The number of carboxylic acid groups (broad SMARTS) is 1. The molecule has 4 nitrogen and oxygen atoms in total. The molecule has 1 saturated carbocycles. The van der Waals surface area contributed by atoms with Crippen LogP contribution >= 0.6 is 11.6 Å². The first-order valence-electron chi connectivity index (χ1n) is 7.88. The average molecular weight is 344 g/mol. The minimum atomic E-state index is -0.944. The zero-order chi connectivity index (χ0) is 17.1. The summed E-state index contributed by atoms with van der Waals surface area (Å²) in [6, 6.07) is 16.5. The maximum atomic E-state index is 12.3. The van der Waals surface area contributed by atoms with Gasteiger partial charge in [0.15, 0.2) is 0 Å². The van der Waals surface area contributed by atoms with Gasteiger partial charge in [-0.3, -0.25) is 9.59 Å². The number of hydrogen-bond acceptors (Lipinski definition) is 2. The van der Waals surface area contributed by atoms with Gasteiger partial charge in [0, 0.05) is 17.5 Å². The molecule has 2 aromatic carbocycles. The summed E-state index contributed by atoms with van der Waals surface area (Å²) in [5.41, 5.74) is 1.67. The highest BCUT2D eigenvalue weighted by Gasteiger charge is 2.44. The highest BCUT2D eigenvalue weighted by atomic mass is 35.5. The van der Waals surface area contributed by atoms with Crippen molar-refractivity contribution in [1.29, 1.82) is 0 Å². The third-order valence-corrected chi connectivity index (χ3v) is 4.76. The van der Waals surface area contributed by atoms with E-state index in [0.29, 0.717) is 10.6 Å². The van der Waals surface area contributed by atoms with Crippen molar-refractivity contribution in [3.05, 3.63) is 70.7 Å². The zero-order valence-electron chi connectivity index (χ0n) is 13.0. The molecule has 2 aromatic rings. The number of halogens is 1. The number of carbonyl (C=O) groups excluding carboxylic acids is 1. The summed E-state index contributed by atoms with van der Waals surface area (Å²) in [7, 11) is 0. The van der Waals surface area contributed by atoms with Crippen LogP contribution in [0.15, 0.2) is 54.6 Å². The lowest BCUT2D eigenvalue weighted by atomic mass is 9.99. The molecule has 0 heterocycles. The fraction of sp³-hybridized carbons (Fsp3) is 0.263. The van der Waals surface area contributed by atoms with Crippen molar-refractivity contribution >= 4 is 23.5 Å². The number of rotatable bonds is 6. The van der Waals surface area contributed by atoms with E-state index in [0.717, 1.165) is 12.0 Å². The molecule has 3 unspecified atom stereocenters. The Morgan fingerprint density at radius 3 is 2.46 bits per heavy atom. The Morgan fingerprint density at radius 2 is 1.79 bits per heavy atom. The molecule has 0 aromatic heterocycles. The number of nitrogens with one attached hydrogen (secondary N) is 1. The summed E-state index contributed by atoms with van der Waals surface area (Å²) < 4.78 is 0. The van der Waals surface area contributed by atoms with Gasteiger partial charge in [0.05, 0.1) is 5.92 Å². The van der Waals surface area contributed by atoms with Crippen LogP contribution in [-0.4, -0.2) is 23.5 Å². The minimum Gasteiger partial charge on any atom is -0.481 e. The van der Waals surface area contributed by atoms with Gasteiger partial charge in [0.1, 0.15) is 0 Å². The lowest BCUT2D eigenvalue weighted by Gasteiger charge is -2.14. The van der Waals surface area contributed by atoms with Gasteiger partial charge >= 0.3 is 5.97 Å². The maximum absolute atomic E-state index is 12.3. The van der Waals surface area contributed by atoms with Gasteiger partial charge in [-0.1, -0.05) is 60.1 Å². The molecule has 124 valence electrons. The molecule has 3 atom stereocenters. The van der Waals surface area contributed by atoms with Crippen LogP contribution in [0.2, 0.25) is 5.02 Å².